The van der Waals surface area contributed by atoms with Crippen LogP contribution in [0.4, 0.5) is 0 Å². The van der Waals surface area contributed by atoms with Crippen LogP contribution >= 0.6 is 0 Å². The lowest BCUT2D eigenvalue weighted by Crippen LogP contribution is -2.37. The minimum absolute atomic E-state index is 0.140. The quantitative estimate of drug-likeness (QED) is 0.738. The standard InChI is InChI=1S/C15H19NSi/c1-12-5-7-13(8-6-12)15-10-9-14(11-16-15)17(2,3)4/h5-11H,1-4H3/i1D3,5D,6D. The van der Waals surface area contributed by atoms with Crippen LogP contribution < -0.4 is 5.19 Å². The molecule has 88 valence electrons. The zero-order valence-corrected chi connectivity index (χ0v) is 11.3. The molecule has 0 N–H and O–H groups in total. The highest BCUT2D eigenvalue weighted by Gasteiger charge is 2.16. The highest BCUT2D eigenvalue weighted by Crippen LogP contribution is 2.16. The van der Waals surface area contributed by atoms with Crippen LogP contribution in [0.1, 0.15) is 12.4 Å². The average Bonchev–Trinajstić information content (AvgIpc) is 2.35. The van der Waals surface area contributed by atoms with Gasteiger partial charge >= 0.3 is 0 Å². The fourth-order valence-electron chi connectivity index (χ4n) is 1.54. The first-order chi connectivity index (χ1) is 10.00. The maximum Gasteiger partial charge on any atom is 0.0796 e. The lowest BCUT2D eigenvalue weighted by atomic mass is 10.1. The number of aromatic nitrogens is 1. The summed E-state index contributed by atoms with van der Waals surface area (Å²) in [4.78, 5) is 4.42. The molecule has 0 aliphatic rings. The third-order valence-corrected chi connectivity index (χ3v) is 4.70. The smallest absolute Gasteiger partial charge is 0.0796 e. The van der Waals surface area contributed by atoms with Gasteiger partial charge in [-0.2, -0.15) is 0 Å². The van der Waals surface area contributed by atoms with Crippen molar-refractivity contribution < 1.29 is 6.85 Å². The van der Waals surface area contributed by atoms with Gasteiger partial charge in [0.25, 0.3) is 0 Å². The SMILES string of the molecule is [2H]c1cc(-c2ccc([Si](C)(C)C)cn2)cc([2H])c1C([2H])([2H])[2H]. The third-order valence-electron chi connectivity index (χ3n) is 2.67. The molecular weight excluding hydrogens is 222 g/mol. The summed E-state index contributed by atoms with van der Waals surface area (Å²) in [6, 6.07) is 6.56. The molecular formula is C15H19NSi. The monoisotopic (exact) mass is 246 g/mol. The van der Waals surface area contributed by atoms with Crippen molar-refractivity contribution in [2.24, 2.45) is 0 Å². The van der Waals surface area contributed by atoms with Crippen molar-refractivity contribution >= 4 is 13.3 Å². The van der Waals surface area contributed by atoms with Gasteiger partial charge in [-0.05, 0) is 18.1 Å². The molecule has 0 atom stereocenters. The van der Waals surface area contributed by atoms with Crippen LogP contribution in [0.5, 0.6) is 0 Å². The summed E-state index contributed by atoms with van der Waals surface area (Å²) in [5.41, 5.74) is 1.04. The van der Waals surface area contributed by atoms with E-state index in [9.17, 15) is 0 Å². The van der Waals surface area contributed by atoms with Crippen molar-refractivity contribution in [3.8, 4) is 11.3 Å². The molecule has 0 saturated heterocycles. The van der Waals surface area contributed by atoms with Crippen LogP contribution in [0.2, 0.25) is 19.6 Å². The summed E-state index contributed by atoms with van der Waals surface area (Å²) in [5, 5.41) is 1.23. The normalized spacial score (nSPS) is 16.5. The van der Waals surface area contributed by atoms with E-state index >= 15 is 0 Å². The summed E-state index contributed by atoms with van der Waals surface area (Å²) in [7, 11) is -1.42. The van der Waals surface area contributed by atoms with E-state index < -0.39 is 14.9 Å². The summed E-state index contributed by atoms with van der Waals surface area (Å²) in [5.74, 6) is 0. The van der Waals surface area contributed by atoms with Crippen molar-refractivity contribution in [2.45, 2.75) is 26.5 Å². The number of rotatable bonds is 2. The second-order valence-corrected chi connectivity index (χ2v) is 10.2. The third kappa shape index (κ3) is 2.83. The van der Waals surface area contributed by atoms with Gasteiger partial charge < -0.3 is 0 Å². The van der Waals surface area contributed by atoms with Crippen molar-refractivity contribution in [1.29, 1.82) is 0 Å². The van der Waals surface area contributed by atoms with Gasteiger partial charge in [-0.3, -0.25) is 4.98 Å². The van der Waals surface area contributed by atoms with E-state index in [1.807, 2.05) is 18.3 Å². The second-order valence-electron chi connectivity index (χ2n) is 5.09. The minimum atomic E-state index is -2.44. The Kier molecular flexibility index (Phi) is 1.86. The molecule has 0 fully saturated rings. The molecule has 1 aromatic carbocycles. The zero-order valence-electron chi connectivity index (χ0n) is 15.3. The van der Waals surface area contributed by atoms with E-state index in [4.69, 9.17) is 6.85 Å². The van der Waals surface area contributed by atoms with Crippen LogP contribution in [-0.4, -0.2) is 13.1 Å². The summed E-state index contributed by atoms with van der Waals surface area (Å²) < 4.78 is 38.0. The number of hydrogen-bond acceptors (Lipinski definition) is 1. The summed E-state index contributed by atoms with van der Waals surface area (Å²) in [6.07, 6.45) is 1.84. The molecule has 0 radical (unpaired) electrons. The largest absolute Gasteiger partial charge is 0.256 e. The van der Waals surface area contributed by atoms with Gasteiger partial charge in [-0.1, -0.05) is 55.5 Å². The Balaban J connectivity index is 2.47. The molecule has 0 aliphatic carbocycles. The van der Waals surface area contributed by atoms with Crippen molar-refractivity contribution in [2.75, 3.05) is 0 Å². The van der Waals surface area contributed by atoms with Crippen LogP contribution in [0.25, 0.3) is 11.3 Å². The van der Waals surface area contributed by atoms with E-state index in [0.717, 1.165) is 0 Å². The molecule has 2 aromatic rings. The second kappa shape index (κ2) is 4.45. The highest BCUT2D eigenvalue weighted by atomic mass is 28.3. The Hall–Kier alpha value is -1.41. The lowest BCUT2D eigenvalue weighted by Gasteiger charge is -2.16. The van der Waals surface area contributed by atoms with Crippen molar-refractivity contribution in [3.63, 3.8) is 0 Å². The van der Waals surface area contributed by atoms with Crippen LogP contribution in [0.15, 0.2) is 42.5 Å². The van der Waals surface area contributed by atoms with Gasteiger partial charge in [-0.15, -0.1) is 0 Å². The summed E-state index contributed by atoms with van der Waals surface area (Å²) in [6.45, 7) is 4.26. The topological polar surface area (TPSA) is 12.9 Å². The van der Waals surface area contributed by atoms with Crippen LogP contribution in [0, 0.1) is 6.85 Å². The van der Waals surface area contributed by atoms with Gasteiger partial charge in [0.1, 0.15) is 0 Å². The Morgan fingerprint density at radius 1 is 1.12 bits per heavy atom. The first-order valence-corrected chi connectivity index (χ1v) is 9.09. The van der Waals surface area contributed by atoms with E-state index in [1.165, 1.54) is 17.3 Å². The van der Waals surface area contributed by atoms with E-state index in [2.05, 4.69) is 24.6 Å². The first kappa shape index (κ1) is 7.12. The molecule has 1 nitrogen and oxygen atoms in total. The molecule has 2 rings (SSSR count). The van der Waals surface area contributed by atoms with Gasteiger partial charge in [-0.25, -0.2) is 0 Å². The maximum atomic E-state index is 7.90. The Morgan fingerprint density at radius 2 is 1.82 bits per heavy atom. The van der Waals surface area contributed by atoms with E-state index in [0.29, 0.717) is 11.3 Å². The Morgan fingerprint density at radius 3 is 2.29 bits per heavy atom. The molecule has 0 aliphatic heterocycles. The molecule has 1 aromatic heterocycles. The molecule has 1 heterocycles. The fraction of sp³-hybridized carbons (Fsp3) is 0.267. The number of pyridine rings is 1. The van der Waals surface area contributed by atoms with Gasteiger partial charge in [0, 0.05) is 15.9 Å². The molecule has 0 amide bonds. The van der Waals surface area contributed by atoms with E-state index in [-0.39, 0.29) is 17.6 Å². The average molecular weight is 246 g/mol. The van der Waals surface area contributed by atoms with Crippen molar-refractivity contribution in [3.05, 3.63) is 48.1 Å². The predicted molar refractivity (Wildman–Crippen MR) is 77.4 cm³/mol. The van der Waals surface area contributed by atoms with Gasteiger partial charge in [0.15, 0.2) is 0 Å². The van der Waals surface area contributed by atoms with Gasteiger partial charge in [0.2, 0.25) is 0 Å². The Labute approximate surface area is 112 Å². The van der Waals surface area contributed by atoms with Crippen LogP contribution in [-0.2, 0) is 0 Å². The lowest BCUT2D eigenvalue weighted by molar-refractivity contribution is 1.33. The Bertz CT molecular complexity index is 664. The van der Waals surface area contributed by atoms with E-state index in [1.54, 1.807) is 0 Å². The predicted octanol–water partition coefficient (Wildman–Crippen LogP) is 3.60. The molecule has 2 heteroatoms. The molecule has 0 bridgehead atoms. The zero-order chi connectivity index (χ0) is 16.7. The molecule has 0 unspecified atom stereocenters. The number of nitrogens with zero attached hydrogens (tertiary/aromatic N) is 1. The summed E-state index contributed by atoms with van der Waals surface area (Å²) >= 11 is 0. The van der Waals surface area contributed by atoms with Crippen LogP contribution in [0.3, 0.4) is 0 Å². The molecule has 0 saturated carbocycles. The molecule has 17 heavy (non-hydrogen) atoms. The van der Waals surface area contributed by atoms with Crippen molar-refractivity contribution in [1.82, 2.24) is 4.98 Å². The van der Waals surface area contributed by atoms with Gasteiger partial charge in [0.05, 0.1) is 16.5 Å². The minimum Gasteiger partial charge on any atom is -0.256 e. The first-order valence-electron chi connectivity index (χ1n) is 8.09. The maximum absolute atomic E-state index is 7.90. The fourth-order valence-corrected chi connectivity index (χ4v) is 2.57. The number of hydrogen-bond donors (Lipinski definition) is 0. The highest BCUT2D eigenvalue weighted by molar-refractivity contribution is 6.88. The number of benzene rings is 1. The molecule has 0 spiro atoms.